The summed E-state index contributed by atoms with van der Waals surface area (Å²) in [4.78, 5) is 4.60. The van der Waals surface area contributed by atoms with E-state index in [9.17, 15) is 0 Å². The molecule has 0 N–H and O–H groups in total. The van der Waals surface area contributed by atoms with Gasteiger partial charge in [0, 0.05) is 6.42 Å². The first-order valence-corrected chi connectivity index (χ1v) is 10.2. The van der Waals surface area contributed by atoms with Crippen molar-refractivity contribution in [2.45, 2.75) is 96.4 Å². The molecule has 1 atom stereocenters. The molecule has 2 nitrogen and oxygen atoms in total. The normalized spacial score (nSPS) is 22.2. The van der Waals surface area contributed by atoms with E-state index >= 15 is 0 Å². The van der Waals surface area contributed by atoms with E-state index in [1.165, 1.54) is 70.6 Å². The highest BCUT2D eigenvalue weighted by Crippen LogP contribution is 2.23. The van der Waals surface area contributed by atoms with Crippen LogP contribution in [0, 0.1) is 5.92 Å². The Balaban J connectivity index is 1.34. The molecule has 24 heavy (non-hydrogen) atoms. The molecule has 136 valence electrons. The van der Waals surface area contributed by atoms with E-state index in [0.717, 1.165) is 24.8 Å². The summed E-state index contributed by atoms with van der Waals surface area (Å²) >= 11 is 0. The molecule has 1 aliphatic carbocycles. The summed E-state index contributed by atoms with van der Waals surface area (Å²) in [6, 6.07) is 0. The predicted molar refractivity (Wildman–Crippen MR) is 105 cm³/mol. The molecule has 2 rings (SSSR count). The van der Waals surface area contributed by atoms with Crippen LogP contribution >= 0.6 is 0 Å². The van der Waals surface area contributed by atoms with Crippen LogP contribution in [-0.4, -0.2) is 18.0 Å². The van der Waals surface area contributed by atoms with Crippen molar-refractivity contribution < 1.29 is 4.74 Å². The SMILES string of the molecule is CC1(C)COC(CCCC/C=C\CCCCCCC2C=CCC2)=N1. The number of allylic oxidation sites excluding steroid dienone is 4. The van der Waals surface area contributed by atoms with Crippen LogP contribution in [0.2, 0.25) is 0 Å². The summed E-state index contributed by atoms with van der Waals surface area (Å²) in [5, 5.41) is 0. The van der Waals surface area contributed by atoms with Crippen LogP contribution in [0.1, 0.15) is 90.9 Å². The first-order chi connectivity index (χ1) is 11.7. The van der Waals surface area contributed by atoms with Gasteiger partial charge in [0.2, 0.25) is 0 Å². The third-order valence-electron chi connectivity index (χ3n) is 5.01. The molecule has 1 aliphatic heterocycles. The lowest BCUT2D eigenvalue weighted by Gasteiger charge is -2.07. The van der Waals surface area contributed by atoms with Gasteiger partial charge in [0.1, 0.15) is 6.61 Å². The maximum Gasteiger partial charge on any atom is 0.183 e. The van der Waals surface area contributed by atoms with Gasteiger partial charge in [-0.1, -0.05) is 43.6 Å². The Bertz CT molecular complexity index is 433. The summed E-state index contributed by atoms with van der Waals surface area (Å²) in [5.41, 5.74) is 0.00301. The largest absolute Gasteiger partial charge is 0.478 e. The average molecular weight is 332 g/mol. The molecule has 0 fully saturated rings. The topological polar surface area (TPSA) is 21.6 Å². The molecular formula is C22H37NO. The smallest absolute Gasteiger partial charge is 0.183 e. The number of ether oxygens (including phenoxy) is 1. The first-order valence-electron chi connectivity index (χ1n) is 10.2. The second-order valence-electron chi connectivity index (χ2n) is 8.08. The molecule has 0 spiro atoms. The molecule has 1 unspecified atom stereocenters. The quantitative estimate of drug-likeness (QED) is 0.291. The number of hydrogen-bond acceptors (Lipinski definition) is 2. The summed E-state index contributed by atoms with van der Waals surface area (Å²) in [5.74, 6) is 1.87. The second-order valence-corrected chi connectivity index (χ2v) is 8.08. The van der Waals surface area contributed by atoms with Gasteiger partial charge in [0.25, 0.3) is 0 Å². The van der Waals surface area contributed by atoms with Gasteiger partial charge in [-0.25, -0.2) is 4.99 Å². The third-order valence-corrected chi connectivity index (χ3v) is 5.01. The fourth-order valence-corrected chi connectivity index (χ4v) is 3.52. The van der Waals surface area contributed by atoms with Crippen molar-refractivity contribution in [2.24, 2.45) is 10.9 Å². The minimum atomic E-state index is 0.00301. The lowest BCUT2D eigenvalue weighted by molar-refractivity contribution is 0.273. The number of hydrogen-bond donors (Lipinski definition) is 0. The van der Waals surface area contributed by atoms with Crippen molar-refractivity contribution in [3.05, 3.63) is 24.3 Å². The van der Waals surface area contributed by atoms with Crippen molar-refractivity contribution in [3.8, 4) is 0 Å². The molecule has 0 aromatic rings. The molecule has 1 heterocycles. The molecule has 2 heteroatoms. The maximum atomic E-state index is 5.62. The fraction of sp³-hybridized carbons (Fsp3) is 0.773. The minimum absolute atomic E-state index is 0.00301. The van der Waals surface area contributed by atoms with Gasteiger partial charge >= 0.3 is 0 Å². The molecule has 0 saturated carbocycles. The Hall–Kier alpha value is -1.05. The van der Waals surface area contributed by atoms with Crippen LogP contribution in [-0.2, 0) is 4.74 Å². The molecule has 0 saturated heterocycles. The number of nitrogens with zero attached hydrogens (tertiary/aromatic N) is 1. The van der Waals surface area contributed by atoms with Gasteiger partial charge in [-0.2, -0.15) is 0 Å². The molecule has 0 amide bonds. The summed E-state index contributed by atoms with van der Waals surface area (Å²) < 4.78 is 5.62. The van der Waals surface area contributed by atoms with Crippen LogP contribution in [0.25, 0.3) is 0 Å². The van der Waals surface area contributed by atoms with Crippen LogP contribution in [0.4, 0.5) is 0 Å². The summed E-state index contributed by atoms with van der Waals surface area (Å²) in [7, 11) is 0. The highest BCUT2D eigenvalue weighted by atomic mass is 16.5. The van der Waals surface area contributed by atoms with Crippen LogP contribution < -0.4 is 0 Å². The molecule has 0 aromatic carbocycles. The maximum absolute atomic E-state index is 5.62. The molecular weight excluding hydrogens is 294 g/mol. The van der Waals surface area contributed by atoms with Crippen LogP contribution in [0.3, 0.4) is 0 Å². The Labute approximate surface area is 149 Å². The van der Waals surface area contributed by atoms with Gasteiger partial charge in [-0.3, -0.25) is 0 Å². The Morgan fingerprint density at radius 1 is 1.08 bits per heavy atom. The van der Waals surface area contributed by atoms with Gasteiger partial charge < -0.3 is 4.74 Å². The zero-order valence-electron chi connectivity index (χ0n) is 15.9. The van der Waals surface area contributed by atoms with Crippen molar-refractivity contribution in [1.82, 2.24) is 0 Å². The van der Waals surface area contributed by atoms with E-state index in [1.54, 1.807) is 0 Å². The third kappa shape index (κ3) is 8.17. The molecule has 0 aromatic heterocycles. The lowest BCUT2D eigenvalue weighted by atomic mass is 10.00. The predicted octanol–water partition coefficient (Wildman–Crippen LogP) is 6.62. The van der Waals surface area contributed by atoms with Crippen molar-refractivity contribution in [1.29, 1.82) is 0 Å². The second kappa shape index (κ2) is 10.7. The Kier molecular flexibility index (Phi) is 8.63. The van der Waals surface area contributed by atoms with Gasteiger partial charge in [-0.15, -0.1) is 0 Å². The van der Waals surface area contributed by atoms with Gasteiger partial charge in [-0.05, 0) is 71.1 Å². The van der Waals surface area contributed by atoms with Crippen LogP contribution in [0.5, 0.6) is 0 Å². The summed E-state index contributed by atoms with van der Waals surface area (Å²) in [6.07, 6.45) is 25.1. The number of unbranched alkanes of at least 4 members (excludes halogenated alkanes) is 6. The monoisotopic (exact) mass is 331 g/mol. The first kappa shape index (κ1) is 19.3. The van der Waals surface area contributed by atoms with Crippen molar-refractivity contribution in [3.63, 3.8) is 0 Å². The highest BCUT2D eigenvalue weighted by molar-refractivity contribution is 5.78. The summed E-state index contributed by atoms with van der Waals surface area (Å²) in [6.45, 7) is 5.02. The van der Waals surface area contributed by atoms with Crippen molar-refractivity contribution in [2.75, 3.05) is 6.61 Å². The van der Waals surface area contributed by atoms with E-state index in [-0.39, 0.29) is 5.54 Å². The van der Waals surface area contributed by atoms with Gasteiger partial charge in [0.15, 0.2) is 5.90 Å². The zero-order valence-corrected chi connectivity index (χ0v) is 15.9. The van der Waals surface area contributed by atoms with E-state index in [0.29, 0.717) is 0 Å². The van der Waals surface area contributed by atoms with Crippen molar-refractivity contribution >= 4 is 5.90 Å². The number of rotatable bonds is 12. The van der Waals surface area contributed by atoms with E-state index < -0.39 is 0 Å². The van der Waals surface area contributed by atoms with E-state index in [1.807, 2.05) is 0 Å². The zero-order chi connectivity index (χ0) is 17.1. The highest BCUT2D eigenvalue weighted by Gasteiger charge is 2.25. The minimum Gasteiger partial charge on any atom is -0.478 e. The average Bonchev–Trinajstić information content (AvgIpc) is 3.18. The number of aliphatic imine (C=N–C) groups is 1. The van der Waals surface area contributed by atoms with Gasteiger partial charge in [0.05, 0.1) is 5.54 Å². The van der Waals surface area contributed by atoms with Crippen LogP contribution in [0.15, 0.2) is 29.3 Å². The standard InChI is InChI=1S/C22H37NO/c1-22(2)19-24-21(23-22)18-12-10-8-6-4-3-5-7-9-11-15-20-16-13-14-17-20/h4,6,13,16,20H,3,5,7-12,14-15,17-19H2,1-2H3/b6-4-. The lowest BCUT2D eigenvalue weighted by Crippen LogP contribution is -2.17. The fourth-order valence-electron chi connectivity index (χ4n) is 3.52. The molecule has 2 aliphatic rings. The molecule has 0 radical (unpaired) electrons. The Morgan fingerprint density at radius 3 is 2.50 bits per heavy atom. The molecule has 0 bridgehead atoms. The van der Waals surface area contributed by atoms with E-state index in [4.69, 9.17) is 4.74 Å². The van der Waals surface area contributed by atoms with E-state index in [2.05, 4.69) is 43.1 Å². The Morgan fingerprint density at radius 2 is 1.83 bits per heavy atom.